The van der Waals surface area contributed by atoms with Gasteiger partial charge in [-0.15, -0.1) is 11.8 Å². The van der Waals surface area contributed by atoms with Crippen LogP contribution in [-0.4, -0.2) is 35.6 Å². The van der Waals surface area contributed by atoms with Crippen molar-refractivity contribution in [2.75, 3.05) is 30.5 Å². The first-order valence-corrected chi connectivity index (χ1v) is 8.88. The summed E-state index contributed by atoms with van der Waals surface area (Å²) >= 11 is 1.22. The summed E-state index contributed by atoms with van der Waals surface area (Å²) in [5.74, 6) is -0.166. The Bertz CT molecular complexity index is 895. The van der Waals surface area contributed by atoms with Gasteiger partial charge in [0, 0.05) is 13.5 Å². The molecule has 1 heterocycles. The van der Waals surface area contributed by atoms with Crippen LogP contribution in [0.15, 0.2) is 29.3 Å². The van der Waals surface area contributed by atoms with Crippen LogP contribution in [-0.2, 0) is 17.4 Å². The van der Waals surface area contributed by atoms with Crippen LogP contribution < -0.4 is 10.6 Å². The van der Waals surface area contributed by atoms with E-state index >= 15 is 0 Å². The molecule has 0 aliphatic heterocycles. The zero-order valence-electron chi connectivity index (χ0n) is 14.5. The molecule has 0 bridgehead atoms. The van der Waals surface area contributed by atoms with E-state index in [0.29, 0.717) is 5.03 Å². The van der Waals surface area contributed by atoms with E-state index in [-0.39, 0.29) is 41.6 Å². The van der Waals surface area contributed by atoms with Gasteiger partial charge in [-0.1, -0.05) is 18.2 Å². The molecule has 0 saturated carbocycles. The van der Waals surface area contributed by atoms with Crippen molar-refractivity contribution in [1.29, 1.82) is 5.26 Å². The third-order valence-electron chi connectivity index (χ3n) is 3.61. The first-order chi connectivity index (χ1) is 12.7. The number of nitriles is 1. The van der Waals surface area contributed by atoms with Crippen LogP contribution in [0.4, 0.5) is 24.9 Å². The van der Waals surface area contributed by atoms with Crippen molar-refractivity contribution in [3.8, 4) is 6.07 Å². The van der Waals surface area contributed by atoms with Crippen molar-refractivity contribution < 1.29 is 18.0 Å². The number of ketones is 1. The number of hydrogen-bond donors (Lipinski definition) is 1. The Morgan fingerprint density at radius 2 is 2.07 bits per heavy atom. The van der Waals surface area contributed by atoms with E-state index < -0.39 is 11.7 Å². The highest BCUT2D eigenvalue weighted by atomic mass is 32.2. The summed E-state index contributed by atoms with van der Waals surface area (Å²) in [7, 11) is 1.55. The number of likely N-dealkylation sites (N-methyl/N-ethyl adjacent to an activating group) is 1. The number of Topliss-reactive ketones (excluding diaryl/α,β-unsaturated/α-hetero) is 1. The van der Waals surface area contributed by atoms with Crippen LogP contribution in [0.1, 0.15) is 16.7 Å². The lowest BCUT2D eigenvalue weighted by molar-refractivity contribution is -0.137. The zero-order valence-corrected chi connectivity index (χ0v) is 15.4. The van der Waals surface area contributed by atoms with E-state index in [4.69, 9.17) is 5.73 Å². The third kappa shape index (κ3) is 5.10. The van der Waals surface area contributed by atoms with Crippen molar-refractivity contribution in [3.63, 3.8) is 0 Å². The quantitative estimate of drug-likeness (QED) is 0.593. The summed E-state index contributed by atoms with van der Waals surface area (Å²) in [6.07, 6.45) is -2.92. The van der Waals surface area contributed by atoms with Crippen LogP contribution in [0.3, 0.4) is 0 Å². The largest absolute Gasteiger partial charge is 0.416 e. The Hall–Kier alpha value is -2.80. The fraction of sp³-hybridized carbons (Fsp3) is 0.294. The van der Waals surface area contributed by atoms with Crippen LogP contribution in [0.5, 0.6) is 0 Å². The molecule has 0 amide bonds. The molecule has 2 N–H and O–H groups in total. The summed E-state index contributed by atoms with van der Waals surface area (Å²) in [6, 6.07) is 6.62. The van der Waals surface area contributed by atoms with Crippen LogP contribution in [0.25, 0.3) is 0 Å². The van der Waals surface area contributed by atoms with Gasteiger partial charge in [0.1, 0.15) is 16.7 Å². The number of alkyl halides is 3. The van der Waals surface area contributed by atoms with E-state index in [0.717, 1.165) is 12.1 Å². The molecule has 2 aromatic rings. The fourth-order valence-corrected chi connectivity index (χ4v) is 2.97. The van der Waals surface area contributed by atoms with E-state index in [1.54, 1.807) is 13.3 Å². The van der Waals surface area contributed by atoms with Crippen molar-refractivity contribution in [2.45, 2.75) is 17.6 Å². The average molecular weight is 395 g/mol. The number of thioether (sulfide) groups is 1. The Balaban J connectivity index is 2.18. The fourth-order valence-electron chi connectivity index (χ4n) is 2.45. The van der Waals surface area contributed by atoms with E-state index in [1.165, 1.54) is 28.8 Å². The number of aromatic nitrogens is 2. The number of benzene rings is 1. The van der Waals surface area contributed by atoms with Crippen LogP contribution in [0, 0.1) is 11.3 Å². The molecular weight excluding hydrogens is 379 g/mol. The van der Waals surface area contributed by atoms with Gasteiger partial charge in [0.05, 0.1) is 12.1 Å². The molecule has 2 rings (SSSR count). The van der Waals surface area contributed by atoms with Crippen molar-refractivity contribution in [2.24, 2.45) is 0 Å². The van der Waals surface area contributed by atoms with Gasteiger partial charge in [-0.2, -0.15) is 23.4 Å². The molecule has 1 aromatic heterocycles. The van der Waals surface area contributed by atoms with Gasteiger partial charge in [-0.25, -0.2) is 4.98 Å². The molecule has 0 radical (unpaired) electrons. The van der Waals surface area contributed by atoms with E-state index in [2.05, 4.69) is 9.97 Å². The maximum absolute atomic E-state index is 12.8. The Kier molecular flexibility index (Phi) is 6.28. The van der Waals surface area contributed by atoms with Crippen LogP contribution >= 0.6 is 11.8 Å². The molecule has 1 aromatic carbocycles. The minimum atomic E-state index is -4.47. The molecule has 0 saturated heterocycles. The number of nitrogens with zero attached hydrogens (tertiary/aromatic N) is 4. The number of nitrogen functional groups attached to an aromatic ring is 1. The van der Waals surface area contributed by atoms with Gasteiger partial charge in [0.2, 0.25) is 5.95 Å². The smallest absolute Gasteiger partial charge is 0.368 e. The zero-order chi connectivity index (χ0) is 20.2. The molecule has 0 fully saturated rings. The highest BCUT2D eigenvalue weighted by Crippen LogP contribution is 2.30. The van der Waals surface area contributed by atoms with Gasteiger partial charge in [-0.3, -0.25) is 4.79 Å². The normalized spacial score (nSPS) is 11.1. The molecule has 0 spiro atoms. The minimum Gasteiger partial charge on any atom is -0.368 e. The highest BCUT2D eigenvalue weighted by Gasteiger charge is 2.30. The average Bonchev–Trinajstić information content (AvgIpc) is 2.60. The summed E-state index contributed by atoms with van der Waals surface area (Å²) in [6.45, 7) is -0.144. The maximum atomic E-state index is 12.8. The SMILES string of the molecule is CSc1nc(N)nc(N(C)CC(=O)Cc2cccc(C(F)(F)F)c2)c1C#N. The summed E-state index contributed by atoms with van der Waals surface area (Å²) in [4.78, 5) is 21.7. The molecule has 142 valence electrons. The van der Waals surface area contributed by atoms with Crippen LogP contribution in [0.2, 0.25) is 0 Å². The Morgan fingerprint density at radius 3 is 2.67 bits per heavy atom. The molecule has 0 unspecified atom stereocenters. The topological polar surface area (TPSA) is 95.9 Å². The second-order valence-corrected chi connectivity index (χ2v) is 6.47. The summed E-state index contributed by atoms with van der Waals surface area (Å²) in [5, 5.41) is 9.73. The van der Waals surface area contributed by atoms with Gasteiger partial charge >= 0.3 is 6.18 Å². The number of carbonyl (C=O) groups excluding carboxylic acids is 1. The lowest BCUT2D eigenvalue weighted by Crippen LogP contribution is -2.28. The van der Waals surface area contributed by atoms with Gasteiger partial charge in [-0.05, 0) is 17.9 Å². The molecule has 0 aliphatic rings. The number of nitrogens with two attached hydrogens (primary N) is 1. The first kappa shape index (κ1) is 20.5. The second kappa shape index (κ2) is 8.26. The summed E-state index contributed by atoms with van der Waals surface area (Å²) < 4.78 is 38.3. The lowest BCUT2D eigenvalue weighted by Gasteiger charge is -2.19. The van der Waals surface area contributed by atoms with Crippen molar-refractivity contribution >= 4 is 29.3 Å². The molecule has 0 atom stereocenters. The minimum absolute atomic E-state index is 0.0365. The summed E-state index contributed by atoms with van der Waals surface area (Å²) in [5.41, 5.74) is 5.29. The standard InChI is InChI=1S/C17H16F3N5OS/c1-25(14-13(8-21)15(27-2)24-16(22)23-14)9-12(26)7-10-4-3-5-11(6-10)17(18,19)20/h3-6H,7,9H2,1-2H3,(H2,22,23,24). The Labute approximate surface area is 158 Å². The van der Waals surface area contributed by atoms with Crippen molar-refractivity contribution in [1.82, 2.24) is 9.97 Å². The lowest BCUT2D eigenvalue weighted by atomic mass is 10.1. The van der Waals surface area contributed by atoms with Gasteiger partial charge in [0.15, 0.2) is 11.6 Å². The number of carbonyl (C=O) groups is 1. The molecular formula is C17H16F3N5OS. The predicted molar refractivity (Wildman–Crippen MR) is 96.4 cm³/mol. The molecule has 0 aliphatic carbocycles. The first-order valence-electron chi connectivity index (χ1n) is 7.66. The number of anilines is 2. The monoisotopic (exact) mass is 395 g/mol. The number of hydrogen-bond acceptors (Lipinski definition) is 7. The predicted octanol–water partition coefficient (Wildman–Crippen LogP) is 2.92. The number of rotatable bonds is 6. The second-order valence-electron chi connectivity index (χ2n) is 5.67. The van der Waals surface area contributed by atoms with Gasteiger partial charge in [0.25, 0.3) is 0 Å². The van der Waals surface area contributed by atoms with Gasteiger partial charge < -0.3 is 10.6 Å². The Morgan fingerprint density at radius 1 is 1.37 bits per heavy atom. The molecule has 6 nitrogen and oxygen atoms in total. The third-order valence-corrected chi connectivity index (χ3v) is 4.29. The highest BCUT2D eigenvalue weighted by molar-refractivity contribution is 7.98. The molecule has 10 heteroatoms. The number of halogens is 3. The molecule has 27 heavy (non-hydrogen) atoms. The maximum Gasteiger partial charge on any atom is 0.416 e. The van der Waals surface area contributed by atoms with E-state index in [9.17, 15) is 23.2 Å². The van der Waals surface area contributed by atoms with E-state index in [1.807, 2.05) is 6.07 Å². The van der Waals surface area contributed by atoms with Crippen molar-refractivity contribution in [3.05, 3.63) is 41.0 Å².